The number of phenolic OH excluding ortho intramolecular Hbond substituents is 1. The van der Waals surface area contributed by atoms with Crippen molar-refractivity contribution in [2.45, 2.75) is 25.7 Å². The molecule has 32 heavy (non-hydrogen) atoms. The average Bonchev–Trinajstić information content (AvgIpc) is 3.14. The molecule has 1 saturated carbocycles. The number of hydroxylamine groups is 4. The second-order valence-corrected chi connectivity index (χ2v) is 8.63. The average molecular weight is 442 g/mol. The summed E-state index contributed by atoms with van der Waals surface area (Å²) in [5.74, 6) is -7.87. The smallest absolute Gasteiger partial charge is 0.258 e. The van der Waals surface area contributed by atoms with Gasteiger partial charge in [-0.05, 0) is 31.7 Å². The molecule has 3 N–H and O–H groups in total. The number of imide groups is 2. The minimum Gasteiger partial charge on any atom is -0.504 e. The summed E-state index contributed by atoms with van der Waals surface area (Å²) < 4.78 is 5.48. The van der Waals surface area contributed by atoms with Crippen LogP contribution >= 0.6 is 0 Å². The lowest BCUT2D eigenvalue weighted by Gasteiger charge is -2.43. The molecule has 1 aromatic carbocycles. The second-order valence-electron chi connectivity index (χ2n) is 8.63. The lowest BCUT2D eigenvalue weighted by molar-refractivity contribution is -0.174. The van der Waals surface area contributed by atoms with E-state index >= 15 is 0 Å². The zero-order chi connectivity index (χ0) is 22.9. The third-order valence-electron chi connectivity index (χ3n) is 7.27. The maximum atomic E-state index is 12.9. The van der Waals surface area contributed by atoms with Crippen molar-refractivity contribution in [2.75, 3.05) is 6.61 Å². The summed E-state index contributed by atoms with van der Waals surface area (Å²) in [4.78, 5) is 50.6. The number of carbonyl (C=O) groups excluding carboxylic acids is 4. The zero-order valence-electron chi connectivity index (χ0n) is 17.2. The number of hydrogen-bond acceptors (Lipinski definition) is 8. The molecule has 0 radical (unpaired) electrons. The molecule has 1 aromatic rings. The molecule has 5 rings (SSSR count). The van der Waals surface area contributed by atoms with Gasteiger partial charge in [-0.2, -0.15) is 10.1 Å². The van der Waals surface area contributed by atoms with E-state index in [0.717, 1.165) is 0 Å². The molecule has 0 aromatic heterocycles. The van der Waals surface area contributed by atoms with Gasteiger partial charge in [-0.15, -0.1) is 0 Å². The summed E-state index contributed by atoms with van der Waals surface area (Å²) in [6, 6.07) is 4.85. The highest BCUT2D eigenvalue weighted by Crippen LogP contribution is 2.59. The molecule has 0 bridgehead atoms. The van der Waals surface area contributed by atoms with E-state index in [2.05, 4.69) is 0 Å². The molecule has 0 spiro atoms. The first kappa shape index (κ1) is 20.7. The predicted molar refractivity (Wildman–Crippen MR) is 104 cm³/mol. The molecule has 168 valence electrons. The van der Waals surface area contributed by atoms with Gasteiger partial charge in [0.25, 0.3) is 23.6 Å². The Morgan fingerprint density at radius 3 is 2.28 bits per heavy atom. The van der Waals surface area contributed by atoms with Crippen LogP contribution in [0.1, 0.15) is 31.2 Å². The van der Waals surface area contributed by atoms with Crippen molar-refractivity contribution in [3.05, 3.63) is 35.4 Å². The van der Waals surface area contributed by atoms with E-state index in [0.29, 0.717) is 17.7 Å². The highest BCUT2D eigenvalue weighted by Gasteiger charge is 2.62. The van der Waals surface area contributed by atoms with Gasteiger partial charge < -0.3 is 9.84 Å². The summed E-state index contributed by atoms with van der Waals surface area (Å²) in [6.07, 6.45) is 2.03. The van der Waals surface area contributed by atoms with Crippen LogP contribution in [0.3, 0.4) is 0 Å². The number of fused-ring (bicyclic) bond motifs is 4. The molecule has 2 aliphatic heterocycles. The van der Waals surface area contributed by atoms with E-state index < -0.39 is 59.1 Å². The Kier molecular flexibility index (Phi) is 4.61. The van der Waals surface area contributed by atoms with Crippen molar-refractivity contribution in [3.63, 3.8) is 0 Å². The van der Waals surface area contributed by atoms with Crippen LogP contribution in [0.5, 0.6) is 11.5 Å². The Balaban J connectivity index is 1.68. The third kappa shape index (κ3) is 2.59. The molecule has 3 fully saturated rings. The molecule has 2 heterocycles. The van der Waals surface area contributed by atoms with Gasteiger partial charge in [-0.25, -0.2) is 0 Å². The van der Waals surface area contributed by atoms with Crippen LogP contribution in [0.2, 0.25) is 0 Å². The van der Waals surface area contributed by atoms with Crippen LogP contribution in [0.15, 0.2) is 29.8 Å². The fourth-order valence-electron chi connectivity index (χ4n) is 5.97. The van der Waals surface area contributed by atoms with E-state index in [9.17, 15) is 34.7 Å². The second kappa shape index (κ2) is 7.14. The first-order valence-corrected chi connectivity index (χ1v) is 10.6. The fourth-order valence-corrected chi connectivity index (χ4v) is 5.97. The molecule has 4 aliphatic rings. The lowest BCUT2D eigenvalue weighted by Crippen LogP contribution is -2.43. The van der Waals surface area contributed by atoms with Crippen LogP contribution < -0.4 is 4.74 Å². The molecule has 4 amide bonds. The number of hydrogen-bond donors (Lipinski definition) is 3. The van der Waals surface area contributed by atoms with Crippen molar-refractivity contribution in [1.29, 1.82) is 0 Å². The van der Waals surface area contributed by atoms with E-state index in [-0.39, 0.29) is 34.5 Å². The van der Waals surface area contributed by atoms with Crippen molar-refractivity contribution in [2.24, 2.45) is 29.6 Å². The normalized spacial score (nSPS) is 33.8. The monoisotopic (exact) mass is 442 g/mol. The first-order chi connectivity index (χ1) is 15.3. The summed E-state index contributed by atoms with van der Waals surface area (Å²) in [5, 5.41) is 31.2. The quantitative estimate of drug-likeness (QED) is 0.360. The Hall–Kier alpha value is -3.24. The van der Waals surface area contributed by atoms with Gasteiger partial charge in [-0.1, -0.05) is 23.8 Å². The number of aromatic hydroxyl groups is 1. The number of allylic oxidation sites excluding steroid dienone is 2. The topological polar surface area (TPSA) is 145 Å². The molecule has 2 saturated heterocycles. The van der Waals surface area contributed by atoms with Gasteiger partial charge in [0, 0.05) is 11.5 Å². The molecule has 2 aliphatic carbocycles. The van der Waals surface area contributed by atoms with Crippen LogP contribution in [-0.2, 0) is 19.2 Å². The molecule has 10 heteroatoms. The van der Waals surface area contributed by atoms with E-state index in [1.807, 2.05) is 0 Å². The SMILES string of the molecule is CCOc1cccc(C2C3=CCC4C(=O)N(O)C(=O)C4C3CC3C(=O)N(O)C(=O)C32)c1O. The highest BCUT2D eigenvalue weighted by atomic mass is 16.5. The standard InChI is InChI=1S/C22H22N2O8/c1-2-32-14-5-3-4-10(18(14)25)15-9-6-7-11-16(21(28)23(30)19(11)26)12(9)8-13-17(15)22(29)24(31)20(13)27/h3-6,11-13,15-17,25,30-31H,2,7-8H2,1H3. The first-order valence-electron chi connectivity index (χ1n) is 10.6. The Bertz CT molecular complexity index is 1080. The largest absolute Gasteiger partial charge is 0.504 e. The van der Waals surface area contributed by atoms with Crippen LogP contribution in [0.25, 0.3) is 0 Å². The molecule has 6 atom stereocenters. The van der Waals surface area contributed by atoms with E-state index in [1.54, 1.807) is 31.2 Å². The van der Waals surface area contributed by atoms with Gasteiger partial charge in [0.1, 0.15) is 0 Å². The van der Waals surface area contributed by atoms with Gasteiger partial charge >= 0.3 is 0 Å². The van der Waals surface area contributed by atoms with Gasteiger partial charge in [0.05, 0.1) is 30.3 Å². The fraction of sp³-hybridized carbons (Fsp3) is 0.455. The highest BCUT2D eigenvalue weighted by molar-refractivity contribution is 6.06. The van der Waals surface area contributed by atoms with Gasteiger partial charge in [0.15, 0.2) is 11.5 Å². The van der Waals surface area contributed by atoms with Crippen molar-refractivity contribution < 1.29 is 39.4 Å². The Morgan fingerprint density at radius 1 is 0.938 bits per heavy atom. The van der Waals surface area contributed by atoms with E-state index in [1.165, 1.54) is 0 Å². The maximum Gasteiger partial charge on any atom is 0.258 e. The van der Waals surface area contributed by atoms with E-state index in [4.69, 9.17) is 4.74 Å². The molecule has 10 nitrogen and oxygen atoms in total. The predicted octanol–water partition coefficient (Wildman–Crippen LogP) is 1.21. The molecule has 6 unspecified atom stereocenters. The summed E-state index contributed by atoms with van der Waals surface area (Å²) in [5.41, 5.74) is 0.985. The number of amides is 4. The van der Waals surface area contributed by atoms with Crippen molar-refractivity contribution in [3.8, 4) is 11.5 Å². The number of rotatable bonds is 3. The minimum absolute atomic E-state index is 0.0779. The van der Waals surface area contributed by atoms with Crippen molar-refractivity contribution in [1.82, 2.24) is 10.1 Å². The summed E-state index contributed by atoms with van der Waals surface area (Å²) in [7, 11) is 0. The van der Waals surface area contributed by atoms with Gasteiger partial charge in [0.2, 0.25) is 0 Å². The minimum atomic E-state index is -0.966. The summed E-state index contributed by atoms with van der Waals surface area (Å²) >= 11 is 0. The van der Waals surface area contributed by atoms with Crippen LogP contribution in [-0.4, -0.2) is 55.9 Å². The van der Waals surface area contributed by atoms with Crippen LogP contribution in [0, 0.1) is 29.6 Å². The lowest BCUT2D eigenvalue weighted by atomic mass is 9.57. The summed E-state index contributed by atoms with van der Waals surface area (Å²) in [6.45, 7) is 2.06. The molecular weight excluding hydrogens is 420 g/mol. The number of nitrogens with zero attached hydrogens (tertiary/aromatic N) is 2. The Labute approximate surface area is 182 Å². The number of benzene rings is 1. The van der Waals surface area contributed by atoms with Gasteiger partial charge in [-0.3, -0.25) is 29.6 Å². The number of carbonyl (C=O) groups is 4. The number of phenols is 1. The zero-order valence-corrected chi connectivity index (χ0v) is 17.2. The number of ether oxygens (including phenoxy) is 1. The Morgan fingerprint density at radius 2 is 1.59 bits per heavy atom. The maximum absolute atomic E-state index is 12.9. The number of para-hydroxylation sites is 1. The van der Waals surface area contributed by atoms with Crippen LogP contribution in [0.4, 0.5) is 0 Å². The molecular formula is C22H22N2O8. The van der Waals surface area contributed by atoms with Crippen molar-refractivity contribution >= 4 is 23.6 Å². The third-order valence-corrected chi connectivity index (χ3v) is 7.27.